The summed E-state index contributed by atoms with van der Waals surface area (Å²) in [5.41, 5.74) is 5.43. The molecule has 132 valence electrons. The molecule has 2 aromatic carbocycles. The minimum absolute atomic E-state index is 0.595. The predicted octanol–water partition coefficient (Wildman–Crippen LogP) is 4.48. The Bertz CT molecular complexity index is 1250. The summed E-state index contributed by atoms with van der Waals surface area (Å²) in [5.74, 6) is 0.683. The maximum Gasteiger partial charge on any atom is 0.196 e. The molecule has 0 unspecified atom stereocenters. The van der Waals surface area contributed by atoms with Crippen LogP contribution in [0.3, 0.4) is 0 Å². The van der Waals surface area contributed by atoms with Gasteiger partial charge in [-0.15, -0.1) is 0 Å². The molecular formula is C21H17N5O. The van der Waals surface area contributed by atoms with Crippen molar-refractivity contribution in [3.05, 3.63) is 78.4 Å². The topological polar surface area (TPSA) is 68.8 Å². The zero-order valence-electron chi connectivity index (χ0n) is 14.8. The van der Waals surface area contributed by atoms with Crippen molar-refractivity contribution in [2.45, 2.75) is 13.5 Å². The first-order valence-electron chi connectivity index (χ1n) is 8.76. The molecule has 0 atom stereocenters. The molecule has 0 aliphatic carbocycles. The molecule has 6 nitrogen and oxygen atoms in total. The fourth-order valence-electron chi connectivity index (χ4n) is 3.26. The van der Waals surface area contributed by atoms with E-state index in [0.717, 1.165) is 33.4 Å². The second-order valence-corrected chi connectivity index (χ2v) is 6.38. The van der Waals surface area contributed by atoms with Crippen molar-refractivity contribution in [1.82, 2.24) is 19.7 Å². The van der Waals surface area contributed by atoms with Gasteiger partial charge in [-0.25, -0.2) is 14.6 Å². The number of rotatable bonds is 4. The lowest BCUT2D eigenvalue weighted by Gasteiger charge is -2.11. The highest BCUT2D eigenvalue weighted by atomic mass is 16.3. The summed E-state index contributed by atoms with van der Waals surface area (Å²) in [7, 11) is 0. The van der Waals surface area contributed by atoms with Crippen LogP contribution in [0.25, 0.3) is 27.8 Å². The Hall–Kier alpha value is -3.67. The lowest BCUT2D eigenvalue weighted by molar-refractivity contribution is 0.666. The van der Waals surface area contributed by atoms with Crippen LogP contribution in [0, 0.1) is 6.92 Å². The van der Waals surface area contributed by atoms with Crippen molar-refractivity contribution < 1.29 is 4.42 Å². The molecule has 27 heavy (non-hydrogen) atoms. The number of furan rings is 1. The van der Waals surface area contributed by atoms with Crippen LogP contribution >= 0.6 is 0 Å². The first-order chi connectivity index (χ1) is 13.3. The fourth-order valence-corrected chi connectivity index (χ4v) is 3.26. The van der Waals surface area contributed by atoms with Gasteiger partial charge in [-0.2, -0.15) is 5.10 Å². The molecule has 0 amide bonds. The monoisotopic (exact) mass is 355 g/mol. The zero-order chi connectivity index (χ0) is 18.2. The molecular weight excluding hydrogens is 338 g/mol. The molecule has 1 N–H and O–H groups in total. The van der Waals surface area contributed by atoms with Gasteiger partial charge in [0.25, 0.3) is 0 Å². The Balaban J connectivity index is 1.51. The summed E-state index contributed by atoms with van der Waals surface area (Å²) < 4.78 is 7.88. The Morgan fingerprint density at radius 1 is 1.00 bits per heavy atom. The quantitative estimate of drug-likeness (QED) is 0.515. The van der Waals surface area contributed by atoms with Crippen molar-refractivity contribution in [2.24, 2.45) is 0 Å². The van der Waals surface area contributed by atoms with Gasteiger partial charge < -0.3 is 9.73 Å². The van der Waals surface area contributed by atoms with Crippen LogP contribution in [0.15, 0.2) is 71.5 Å². The number of nitrogens with one attached hydrogen (secondary N) is 1. The van der Waals surface area contributed by atoms with Gasteiger partial charge in [0.2, 0.25) is 0 Å². The third-order valence-electron chi connectivity index (χ3n) is 4.57. The Morgan fingerprint density at radius 3 is 2.74 bits per heavy atom. The number of benzene rings is 2. The van der Waals surface area contributed by atoms with Crippen LogP contribution in [-0.4, -0.2) is 19.7 Å². The van der Waals surface area contributed by atoms with Crippen molar-refractivity contribution in [3.8, 4) is 5.69 Å². The largest absolute Gasteiger partial charge is 0.450 e. The summed E-state index contributed by atoms with van der Waals surface area (Å²) in [6, 6.07) is 18.0. The SMILES string of the molecule is Cc1ccn(-c2ccccc2CNc2ncnc3c2oc2ccccc23)n1. The molecule has 0 saturated heterocycles. The van der Waals surface area contributed by atoms with E-state index >= 15 is 0 Å². The summed E-state index contributed by atoms with van der Waals surface area (Å²) in [5, 5.41) is 8.91. The first kappa shape index (κ1) is 15.6. The number of nitrogens with zero attached hydrogens (tertiary/aromatic N) is 4. The minimum Gasteiger partial charge on any atom is -0.450 e. The number of hydrogen-bond donors (Lipinski definition) is 1. The third-order valence-corrected chi connectivity index (χ3v) is 4.57. The van der Waals surface area contributed by atoms with E-state index in [2.05, 4.69) is 32.5 Å². The standard InChI is InChI=1S/C21H17N5O/c1-14-10-11-26(25-14)17-8-4-2-6-15(17)12-22-21-20-19(23-13-24-21)16-7-3-5-9-18(16)27-20/h2-11,13H,12H2,1H3,(H,22,23,24). The van der Waals surface area contributed by atoms with E-state index in [1.807, 2.05) is 60.3 Å². The summed E-state index contributed by atoms with van der Waals surface area (Å²) in [6.45, 7) is 2.58. The van der Waals surface area contributed by atoms with Gasteiger partial charge in [0.15, 0.2) is 11.4 Å². The normalized spacial score (nSPS) is 11.3. The number of aryl methyl sites for hydroxylation is 1. The van der Waals surface area contributed by atoms with E-state index < -0.39 is 0 Å². The fraction of sp³-hybridized carbons (Fsp3) is 0.0952. The van der Waals surface area contributed by atoms with Crippen LogP contribution in [0.1, 0.15) is 11.3 Å². The molecule has 6 heteroatoms. The second-order valence-electron chi connectivity index (χ2n) is 6.38. The van der Waals surface area contributed by atoms with E-state index in [4.69, 9.17) is 4.42 Å². The molecule has 5 rings (SSSR count). The van der Waals surface area contributed by atoms with E-state index in [-0.39, 0.29) is 0 Å². The third kappa shape index (κ3) is 2.71. The van der Waals surface area contributed by atoms with Crippen LogP contribution in [0.2, 0.25) is 0 Å². The Labute approximate surface area is 155 Å². The van der Waals surface area contributed by atoms with Gasteiger partial charge in [-0.1, -0.05) is 30.3 Å². The maximum atomic E-state index is 5.99. The number of aromatic nitrogens is 4. The van der Waals surface area contributed by atoms with Crippen LogP contribution < -0.4 is 5.32 Å². The number of fused-ring (bicyclic) bond motifs is 3. The molecule has 0 aliphatic rings. The molecule has 5 aromatic rings. The Kier molecular flexibility index (Phi) is 3.60. The molecule has 3 heterocycles. The van der Waals surface area contributed by atoms with Crippen LogP contribution in [0.5, 0.6) is 0 Å². The van der Waals surface area contributed by atoms with Gasteiger partial charge >= 0.3 is 0 Å². The van der Waals surface area contributed by atoms with Crippen molar-refractivity contribution in [1.29, 1.82) is 0 Å². The maximum absolute atomic E-state index is 5.99. The molecule has 0 radical (unpaired) electrons. The average Bonchev–Trinajstić information content (AvgIpc) is 3.30. The Morgan fingerprint density at radius 2 is 1.85 bits per heavy atom. The molecule has 0 aliphatic heterocycles. The highest BCUT2D eigenvalue weighted by Crippen LogP contribution is 2.30. The molecule has 0 saturated carbocycles. The van der Waals surface area contributed by atoms with Gasteiger partial charge in [-0.3, -0.25) is 0 Å². The van der Waals surface area contributed by atoms with Gasteiger partial charge in [0, 0.05) is 18.1 Å². The summed E-state index contributed by atoms with van der Waals surface area (Å²) >= 11 is 0. The van der Waals surface area contributed by atoms with E-state index in [9.17, 15) is 0 Å². The molecule has 0 fully saturated rings. The average molecular weight is 355 g/mol. The first-order valence-corrected chi connectivity index (χ1v) is 8.76. The lowest BCUT2D eigenvalue weighted by atomic mass is 10.1. The molecule has 3 aromatic heterocycles. The highest BCUT2D eigenvalue weighted by Gasteiger charge is 2.13. The predicted molar refractivity (Wildman–Crippen MR) is 105 cm³/mol. The van der Waals surface area contributed by atoms with Crippen LogP contribution in [-0.2, 0) is 6.54 Å². The van der Waals surface area contributed by atoms with Crippen molar-refractivity contribution in [3.63, 3.8) is 0 Å². The number of para-hydroxylation sites is 2. The van der Waals surface area contributed by atoms with E-state index in [1.165, 1.54) is 0 Å². The summed E-state index contributed by atoms with van der Waals surface area (Å²) in [4.78, 5) is 8.78. The van der Waals surface area contributed by atoms with Crippen LogP contribution in [0.4, 0.5) is 5.82 Å². The zero-order valence-corrected chi connectivity index (χ0v) is 14.8. The van der Waals surface area contributed by atoms with Crippen molar-refractivity contribution >= 4 is 27.9 Å². The van der Waals surface area contributed by atoms with E-state index in [0.29, 0.717) is 17.9 Å². The van der Waals surface area contributed by atoms with E-state index in [1.54, 1.807) is 6.33 Å². The van der Waals surface area contributed by atoms with Gasteiger partial charge in [0.05, 0.1) is 11.4 Å². The smallest absolute Gasteiger partial charge is 0.196 e. The van der Waals surface area contributed by atoms with Gasteiger partial charge in [0.1, 0.15) is 17.4 Å². The lowest BCUT2D eigenvalue weighted by Crippen LogP contribution is -2.07. The minimum atomic E-state index is 0.595. The molecule has 0 bridgehead atoms. The molecule has 0 spiro atoms. The summed E-state index contributed by atoms with van der Waals surface area (Å²) in [6.07, 6.45) is 3.53. The van der Waals surface area contributed by atoms with Crippen molar-refractivity contribution in [2.75, 3.05) is 5.32 Å². The second kappa shape index (κ2) is 6.25. The van der Waals surface area contributed by atoms with Gasteiger partial charge in [-0.05, 0) is 36.8 Å². The highest BCUT2D eigenvalue weighted by molar-refractivity contribution is 6.05. The number of hydrogen-bond acceptors (Lipinski definition) is 5. The number of anilines is 1.